The van der Waals surface area contributed by atoms with E-state index in [1.165, 1.54) is 12.1 Å². The van der Waals surface area contributed by atoms with Crippen molar-refractivity contribution in [3.05, 3.63) is 29.8 Å². The highest BCUT2D eigenvalue weighted by Gasteiger charge is 2.31. The van der Waals surface area contributed by atoms with Gasteiger partial charge in [0, 0.05) is 18.8 Å². The molecule has 1 aromatic carbocycles. The van der Waals surface area contributed by atoms with Crippen molar-refractivity contribution in [2.45, 2.75) is 27.2 Å². The van der Waals surface area contributed by atoms with Gasteiger partial charge in [0.05, 0.1) is 11.6 Å². The molecule has 1 aliphatic rings. The van der Waals surface area contributed by atoms with E-state index in [-0.39, 0.29) is 0 Å². The van der Waals surface area contributed by atoms with Crippen LogP contribution in [0.5, 0.6) is 0 Å². The summed E-state index contributed by atoms with van der Waals surface area (Å²) < 4.78 is 0. The average Bonchev–Trinajstić information content (AvgIpc) is 2.78. The highest BCUT2D eigenvalue weighted by Crippen LogP contribution is 2.35. The minimum Gasteiger partial charge on any atom is -0.371 e. The molecular weight excluding hydrogens is 208 g/mol. The van der Waals surface area contributed by atoms with Crippen LogP contribution in [0.4, 0.5) is 5.69 Å². The smallest absolute Gasteiger partial charge is 0.0992 e. The molecule has 1 aliphatic heterocycles. The van der Waals surface area contributed by atoms with Crippen LogP contribution in [-0.2, 0) is 0 Å². The number of benzene rings is 1. The molecule has 0 bridgehead atoms. The van der Waals surface area contributed by atoms with Crippen LogP contribution >= 0.6 is 0 Å². The largest absolute Gasteiger partial charge is 0.371 e. The lowest BCUT2D eigenvalue weighted by molar-refractivity contribution is 0.263. The van der Waals surface area contributed by atoms with Crippen LogP contribution in [0, 0.1) is 22.7 Å². The van der Waals surface area contributed by atoms with Crippen molar-refractivity contribution in [1.82, 2.24) is 0 Å². The van der Waals surface area contributed by atoms with Crippen molar-refractivity contribution in [1.29, 1.82) is 5.26 Å². The summed E-state index contributed by atoms with van der Waals surface area (Å²) >= 11 is 0. The lowest BCUT2D eigenvalue weighted by Crippen LogP contribution is -2.25. The normalized spacial score (nSPS) is 20.4. The average molecular weight is 228 g/mol. The molecule has 1 heterocycles. The van der Waals surface area contributed by atoms with Crippen LogP contribution < -0.4 is 4.90 Å². The predicted molar refractivity (Wildman–Crippen MR) is 70.9 cm³/mol. The molecule has 1 aromatic rings. The van der Waals surface area contributed by atoms with E-state index < -0.39 is 0 Å². The second-order valence-corrected chi connectivity index (χ2v) is 5.96. The standard InChI is InChI=1S/C15H20N2/c1-15(2,3)13-7-8-17(11-13)14-6-4-5-12(9-14)10-16/h4-6,9,13H,7-8,11H2,1-3H3. The second-order valence-electron chi connectivity index (χ2n) is 5.96. The zero-order chi connectivity index (χ0) is 12.5. The summed E-state index contributed by atoms with van der Waals surface area (Å²) in [5.41, 5.74) is 2.32. The molecule has 0 radical (unpaired) electrons. The van der Waals surface area contributed by atoms with Crippen molar-refractivity contribution in [2.75, 3.05) is 18.0 Å². The molecule has 0 N–H and O–H groups in total. The summed E-state index contributed by atoms with van der Waals surface area (Å²) in [5, 5.41) is 8.92. The molecule has 1 fully saturated rings. The summed E-state index contributed by atoms with van der Waals surface area (Å²) in [4.78, 5) is 2.40. The van der Waals surface area contributed by atoms with Crippen LogP contribution in [-0.4, -0.2) is 13.1 Å². The zero-order valence-electron chi connectivity index (χ0n) is 10.9. The molecule has 1 unspecified atom stereocenters. The second kappa shape index (κ2) is 4.41. The molecule has 17 heavy (non-hydrogen) atoms. The molecule has 0 spiro atoms. The highest BCUT2D eigenvalue weighted by molar-refractivity contribution is 5.52. The van der Waals surface area contributed by atoms with Crippen molar-refractivity contribution in [3.63, 3.8) is 0 Å². The lowest BCUT2D eigenvalue weighted by atomic mass is 9.80. The monoisotopic (exact) mass is 228 g/mol. The van der Waals surface area contributed by atoms with Gasteiger partial charge in [0.25, 0.3) is 0 Å². The Morgan fingerprint density at radius 1 is 1.35 bits per heavy atom. The van der Waals surface area contributed by atoms with E-state index in [0.717, 1.165) is 24.6 Å². The van der Waals surface area contributed by atoms with E-state index in [2.05, 4.69) is 37.8 Å². The Bertz CT molecular complexity index is 437. The number of nitrogens with zero attached hydrogens (tertiary/aromatic N) is 2. The van der Waals surface area contributed by atoms with E-state index in [1.54, 1.807) is 0 Å². The maximum atomic E-state index is 8.92. The number of anilines is 1. The number of nitriles is 1. The van der Waals surface area contributed by atoms with E-state index in [9.17, 15) is 0 Å². The topological polar surface area (TPSA) is 27.0 Å². The van der Waals surface area contributed by atoms with Gasteiger partial charge in [-0.3, -0.25) is 0 Å². The van der Waals surface area contributed by atoms with Crippen LogP contribution in [0.15, 0.2) is 24.3 Å². The van der Waals surface area contributed by atoms with Gasteiger partial charge in [0.2, 0.25) is 0 Å². The fraction of sp³-hybridized carbons (Fsp3) is 0.533. The first-order valence-corrected chi connectivity index (χ1v) is 6.26. The molecule has 2 rings (SSSR count). The number of rotatable bonds is 1. The Kier molecular flexibility index (Phi) is 3.11. The van der Waals surface area contributed by atoms with Gasteiger partial charge in [-0.05, 0) is 36.0 Å². The first-order chi connectivity index (χ1) is 8.00. The van der Waals surface area contributed by atoms with Crippen LogP contribution in [0.25, 0.3) is 0 Å². The summed E-state index contributed by atoms with van der Waals surface area (Å²) in [6, 6.07) is 10.1. The third-order valence-corrected chi connectivity index (χ3v) is 3.75. The zero-order valence-corrected chi connectivity index (χ0v) is 10.9. The molecule has 1 atom stereocenters. The van der Waals surface area contributed by atoms with Crippen molar-refractivity contribution in [3.8, 4) is 6.07 Å². The minimum absolute atomic E-state index is 0.377. The van der Waals surface area contributed by atoms with Crippen LogP contribution in [0.3, 0.4) is 0 Å². The van der Waals surface area contributed by atoms with Crippen LogP contribution in [0.1, 0.15) is 32.8 Å². The first kappa shape index (κ1) is 12.0. The molecule has 2 heteroatoms. The summed E-state index contributed by atoms with van der Waals surface area (Å²) in [7, 11) is 0. The molecular formula is C15H20N2. The Morgan fingerprint density at radius 3 is 2.71 bits per heavy atom. The molecule has 0 amide bonds. The van der Waals surface area contributed by atoms with E-state index in [4.69, 9.17) is 5.26 Å². The van der Waals surface area contributed by atoms with Crippen LogP contribution in [0.2, 0.25) is 0 Å². The SMILES string of the molecule is CC(C)(C)C1CCN(c2cccc(C#N)c2)C1. The molecule has 1 saturated heterocycles. The first-order valence-electron chi connectivity index (χ1n) is 6.26. The number of hydrogen-bond acceptors (Lipinski definition) is 2. The predicted octanol–water partition coefficient (Wildman–Crippen LogP) is 3.43. The van der Waals surface area contributed by atoms with Crippen molar-refractivity contribution in [2.24, 2.45) is 11.3 Å². The molecule has 0 saturated carbocycles. The number of hydrogen-bond donors (Lipinski definition) is 0. The third kappa shape index (κ3) is 2.61. The maximum absolute atomic E-state index is 8.92. The van der Waals surface area contributed by atoms with Gasteiger partial charge in [0.15, 0.2) is 0 Å². The molecule has 0 aromatic heterocycles. The fourth-order valence-electron chi connectivity index (χ4n) is 2.47. The minimum atomic E-state index is 0.377. The van der Waals surface area contributed by atoms with Gasteiger partial charge in [-0.1, -0.05) is 26.8 Å². The van der Waals surface area contributed by atoms with Gasteiger partial charge in [-0.2, -0.15) is 5.26 Å². The lowest BCUT2D eigenvalue weighted by Gasteiger charge is -2.27. The van der Waals surface area contributed by atoms with E-state index >= 15 is 0 Å². The Balaban J connectivity index is 2.13. The maximum Gasteiger partial charge on any atom is 0.0992 e. The quantitative estimate of drug-likeness (QED) is 0.736. The summed E-state index contributed by atoms with van der Waals surface area (Å²) in [6.07, 6.45) is 1.25. The fourth-order valence-corrected chi connectivity index (χ4v) is 2.47. The van der Waals surface area contributed by atoms with Gasteiger partial charge in [-0.15, -0.1) is 0 Å². The Hall–Kier alpha value is -1.49. The summed E-state index contributed by atoms with van der Waals surface area (Å²) in [5.74, 6) is 0.744. The van der Waals surface area contributed by atoms with Gasteiger partial charge >= 0.3 is 0 Å². The van der Waals surface area contributed by atoms with Gasteiger partial charge in [-0.25, -0.2) is 0 Å². The van der Waals surface area contributed by atoms with E-state index in [0.29, 0.717) is 5.41 Å². The molecule has 2 nitrogen and oxygen atoms in total. The summed E-state index contributed by atoms with van der Waals surface area (Å²) in [6.45, 7) is 9.15. The Morgan fingerprint density at radius 2 is 2.12 bits per heavy atom. The highest BCUT2D eigenvalue weighted by atomic mass is 15.2. The van der Waals surface area contributed by atoms with Crippen molar-refractivity contribution < 1.29 is 0 Å². The molecule has 0 aliphatic carbocycles. The molecule has 90 valence electrons. The van der Waals surface area contributed by atoms with Gasteiger partial charge in [0.1, 0.15) is 0 Å². The van der Waals surface area contributed by atoms with E-state index in [1.807, 2.05) is 18.2 Å². The van der Waals surface area contributed by atoms with Gasteiger partial charge < -0.3 is 4.90 Å². The van der Waals surface area contributed by atoms with Crippen molar-refractivity contribution >= 4 is 5.69 Å². The Labute approximate surface area is 104 Å². The third-order valence-electron chi connectivity index (χ3n) is 3.75.